The molecule has 1 fully saturated rings. The molecular formula is C20H25NO4. The number of benzene rings is 1. The zero-order valence-corrected chi connectivity index (χ0v) is 15.2. The number of phenolic OH excluding ortho intramolecular Hbond substituents is 1. The molecule has 0 bridgehead atoms. The van der Waals surface area contributed by atoms with Crippen LogP contribution in [-0.4, -0.2) is 51.0 Å². The smallest absolute Gasteiger partial charge is 0.165 e. The summed E-state index contributed by atoms with van der Waals surface area (Å²) in [7, 11) is 7.11. The number of phenols is 1. The molecule has 3 atom stereocenters. The second-order valence-corrected chi connectivity index (χ2v) is 7.06. The maximum atomic E-state index is 10.9. The van der Waals surface area contributed by atoms with Crippen LogP contribution >= 0.6 is 0 Å². The van der Waals surface area contributed by atoms with Crippen LogP contribution in [0, 0.1) is 11.8 Å². The van der Waals surface area contributed by atoms with Crippen LogP contribution in [0.25, 0.3) is 5.57 Å². The molecule has 25 heavy (non-hydrogen) atoms. The molecule has 0 radical (unpaired) electrons. The summed E-state index contributed by atoms with van der Waals surface area (Å²) in [5.41, 5.74) is 3.05. The predicted octanol–water partition coefficient (Wildman–Crippen LogP) is 2.79. The van der Waals surface area contributed by atoms with Crippen molar-refractivity contribution < 1.29 is 19.3 Å². The number of aromatic hydroxyl groups is 1. The van der Waals surface area contributed by atoms with Gasteiger partial charge < -0.3 is 24.2 Å². The van der Waals surface area contributed by atoms with Crippen molar-refractivity contribution in [2.75, 3.05) is 34.9 Å². The van der Waals surface area contributed by atoms with E-state index in [1.807, 2.05) is 6.07 Å². The number of likely N-dealkylation sites (tertiary alicyclic amines) is 1. The van der Waals surface area contributed by atoms with Crippen LogP contribution in [0.3, 0.4) is 0 Å². The van der Waals surface area contributed by atoms with E-state index < -0.39 is 0 Å². The number of likely N-dealkylation sites (N-methyl/N-ethyl adjacent to an activating group) is 1. The van der Waals surface area contributed by atoms with E-state index >= 15 is 0 Å². The quantitative estimate of drug-likeness (QED) is 0.915. The lowest BCUT2D eigenvalue weighted by atomic mass is 9.64. The molecule has 5 heteroatoms. The highest BCUT2D eigenvalue weighted by Crippen LogP contribution is 2.54. The highest BCUT2D eigenvalue weighted by atomic mass is 16.5. The lowest BCUT2D eigenvalue weighted by molar-refractivity contribution is 0.104. The molecule has 1 saturated heterocycles. The van der Waals surface area contributed by atoms with Crippen LogP contribution < -0.4 is 4.74 Å². The zero-order chi connectivity index (χ0) is 17.7. The standard InChI is InChI=1S/C20H25NO4/c1-21-8-7-12-10-15(24-3)20(25-4)18-16(12)13(21)9-11-5-6-14(23-2)19(22)17(11)18/h5-6,10,12-13,16,22H,7-9H2,1-4H3/t12-,13+,16+/m0/s1. The molecule has 0 aromatic heterocycles. The monoisotopic (exact) mass is 343 g/mol. The highest BCUT2D eigenvalue weighted by Gasteiger charge is 2.47. The third kappa shape index (κ3) is 2.25. The fourth-order valence-electron chi connectivity index (χ4n) is 4.81. The van der Waals surface area contributed by atoms with Gasteiger partial charge in [-0.1, -0.05) is 6.07 Å². The van der Waals surface area contributed by atoms with Crippen LogP contribution in [0.15, 0.2) is 29.7 Å². The Kier molecular flexibility index (Phi) is 3.91. The Morgan fingerprint density at radius 1 is 1.12 bits per heavy atom. The second kappa shape index (κ2) is 5.99. The first-order valence-corrected chi connectivity index (χ1v) is 8.74. The first-order valence-electron chi connectivity index (χ1n) is 8.74. The van der Waals surface area contributed by atoms with Crippen LogP contribution in [0.1, 0.15) is 17.5 Å². The van der Waals surface area contributed by atoms with Gasteiger partial charge in [0.25, 0.3) is 0 Å². The molecule has 1 aliphatic heterocycles. The first-order chi connectivity index (χ1) is 12.1. The van der Waals surface area contributed by atoms with Gasteiger partial charge >= 0.3 is 0 Å². The van der Waals surface area contributed by atoms with E-state index in [2.05, 4.69) is 24.1 Å². The van der Waals surface area contributed by atoms with E-state index in [1.54, 1.807) is 21.3 Å². The van der Waals surface area contributed by atoms with Crippen LogP contribution in [0.5, 0.6) is 11.5 Å². The number of piperidine rings is 1. The van der Waals surface area contributed by atoms with Gasteiger partial charge in [-0.05, 0) is 50.1 Å². The SMILES string of the molecule is COC1=C[C@@H]2CCN(C)[C@@H]3Cc4ccc(OC)c(O)c4C(=C1OC)[C@H]23. The average Bonchev–Trinajstić information content (AvgIpc) is 2.63. The Labute approximate surface area is 148 Å². The van der Waals surface area contributed by atoms with Crippen molar-refractivity contribution in [2.45, 2.75) is 18.9 Å². The van der Waals surface area contributed by atoms with E-state index in [-0.39, 0.29) is 11.7 Å². The summed E-state index contributed by atoms with van der Waals surface area (Å²) in [6, 6.07) is 4.30. The summed E-state index contributed by atoms with van der Waals surface area (Å²) in [6.45, 7) is 1.06. The molecule has 0 saturated carbocycles. The lowest BCUT2D eigenvalue weighted by Crippen LogP contribution is -2.51. The summed E-state index contributed by atoms with van der Waals surface area (Å²) in [5, 5.41) is 10.9. The van der Waals surface area contributed by atoms with Gasteiger partial charge in [0.15, 0.2) is 23.0 Å². The summed E-state index contributed by atoms with van der Waals surface area (Å²) >= 11 is 0. The maximum absolute atomic E-state index is 10.9. The molecule has 3 aliphatic rings. The van der Waals surface area contributed by atoms with E-state index in [0.717, 1.165) is 47.6 Å². The van der Waals surface area contributed by atoms with E-state index in [4.69, 9.17) is 14.2 Å². The van der Waals surface area contributed by atoms with Crippen molar-refractivity contribution in [1.82, 2.24) is 4.90 Å². The minimum Gasteiger partial charge on any atom is -0.504 e. The van der Waals surface area contributed by atoms with Gasteiger partial charge in [0.2, 0.25) is 0 Å². The van der Waals surface area contributed by atoms with E-state index in [9.17, 15) is 5.11 Å². The Balaban J connectivity index is 2.01. The van der Waals surface area contributed by atoms with E-state index in [0.29, 0.717) is 17.7 Å². The van der Waals surface area contributed by atoms with Crippen LogP contribution in [-0.2, 0) is 15.9 Å². The first kappa shape index (κ1) is 16.3. The fourth-order valence-corrected chi connectivity index (χ4v) is 4.81. The van der Waals surface area contributed by atoms with Crippen molar-refractivity contribution in [1.29, 1.82) is 0 Å². The Hall–Kier alpha value is -2.14. The largest absolute Gasteiger partial charge is 0.504 e. The van der Waals surface area contributed by atoms with Crippen molar-refractivity contribution in [3.8, 4) is 11.5 Å². The predicted molar refractivity (Wildman–Crippen MR) is 95.4 cm³/mol. The Morgan fingerprint density at radius 3 is 2.60 bits per heavy atom. The van der Waals surface area contributed by atoms with Gasteiger partial charge in [-0.15, -0.1) is 0 Å². The minimum absolute atomic E-state index is 0.201. The van der Waals surface area contributed by atoms with Crippen molar-refractivity contribution in [3.63, 3.8) is 0 Å². The third-order valence-electron chi connectivity index (χ3n) is 5.99. The highest BCUT2D eigenvalue weighted by molar-refractivity contribution is 5.83. The molecule has 134 valence electrons. The molecule has 1 aromatic rings. The fraction of sp³-hybridized carbons (Fsp3) is 0.500. The number of rotatable bonds is 3. The number of methoxy groups -OCH3 is 3. The molecule has 0 spiro atoms. The van der Waals surface area contributed by atoms with Crippen LogP contribution in [0.4, 0.5) is 0 Å². The Morgan fingerprint density at radius 2 is 1.92 bits per heavy atom. The molecule has 2 aliphatic carbocycles. The van der Waals surface area contributed by atoms with Crippen molar-refractivity contribution in [3.05, 3.63) is 40.9 Å². The molecular weight excluding hydrogens is 318 g/mol. The number of hydrogen-bond donors (Lipinski definition) is 1. The summed E-state index contributed by atoms with van der Waals surface area (Å²) < 4.78 is 16.7. The van der Waals surface area contributed by atoms with Crippen molar-refractivity contribution in [2.24, 2.45) is 11.8 Å². The Bertz CT molecular complexity index is 767. The van der Waals surface area contributed by atoms with Gasteiger partial charge in [-0.25, -0.2) is 0 Å². The van der Waals surface area contributed by atoms with Gasteiger partial charge in [-0.2, -0.15) is 0 Å². The number of nitrogens with zero attached hydrogens (tertiary/aromatic N) is 1. The lowest BCUT2D eigenvalue weighted by Gasteiger charge is -2.49. The number of allylic oxidation sites excluding steroid dienone is 1. The summed E-state index contributed by atoms with van der Waals surface area (Å²) in [4.78, 5) is 2.43. The van der Waals surface area contributed by atoms with Crippen molar-refractivity contribution >= 4 is 5.57 Å². The summed E-state index contributed by atoms with van der Waals surface area (Å²) in [5.74, 6) is 2.87. The molecule has 1 N–H and O–H groups in total. The summed E-state index contributed by atoms with van der Waals surface area (Å²) in [6.07, 6.45) is 4.20. The minimum atomic E-state index is 0.201. The van der Waals surface area contributed by atoms with Gasteiger partial charge in [0.05, 0.1) is 21.3 Å². The van der Waals surface area contributed by atoms with Gasteiger partial charge in [0.1, 0.15) is 0 Å². The van der Waals surface area contributed by atoms with Gasteiger partial charge in [-0.3, -0.25) is 0 Å². The molecule has 5 nitrogen and oxygen atoms in total. The van der Waals surface area contributed by atoms with Gasteiger partial charge in [0, 0.05) is 23.1 Å². The third-order valence-corrected chi connectivity index (χ3v) is 5.99. The normalized spacial score (nSPS) is 28.0. The molecule has 4 rings (SSSR count). The number of ether oxygens (including phenoxy) is 3. The zero-order valence-electron chi connectivity index (χ0n) is 15.2. The molecule has 1 heterocycles. The molecule has 0 unspecified atom stereocenters. The number of fused-ring (bicyclic) bond motifs is 2. The maximum Gasteiger partial charge on any atom is 0.165 e. The topological polar surface area (TPSA) is 51.2 Å². The number of hydrogen-bond acceptors (Lipinski definition) is 5. The molecule has 1 aromatic carbocycles. The van der Waals surface area contributed by atoms with E-state index in [1.165, 1.54) is 0 Å². The second-order valence-electron chi connectivity index (χ2n) is 7.06. The average molecular weight is 343 g/mol. The molecule has 0 amide bonds. The van der Waals surface area contributed by atoms with Crippen LogP contribution in [0.2, 0.25) is 0 Å².